The van der Waals surface area contributed by atoms with Crippen molar-refractivity contribution in [2.24, 2.45) is 11.1 Å². The monoisotopic (exact) mass is 316 g/mol. The molecule has 20 heavy (non-hydrogen) atoms. The second-order valence-electron chi connectivity index (χ2n) is 5.14. The Labute approximate surface area is 123 Å². The van der Waals surface area contributed by atoms with Gasteiger partial charge in [0.05, 0.1) is 0 Å². The maximum Gasteiger partial charge on any atom is 0.247 e. The van der Waals surface area contributed by atoms with Crippen LogP contribution in [0.1, 0.15) is 37.0 Å². The molecule has 1 heterocycles. The molecular formula is C13H20N2O3S2. The molecule has 1 aromatic heterocycles. The fourth-order valence-corrected chi connectivity index (χ4v) is 4.24. The molecule has 0 aromatic carbocycles. The first-order chi connectivity index (χ1) is 9.47. The molecule has 0 unspecified atom stereocenters. The highest BCUT2D eigenvalue weighted by atomic mass is 32.2. The SMILES string of the molecule is NS(=O)(=O)c1ccc(CCNC(=O)C2CCCCC2)s1. The van der Waals surface area contributed by atoms with E-state index in [0.717, 1.165) is 41.9 Å². The van der Waals surface area contributed by atoms with Crippen LogP contribution in [0.2, 0.25) is 0 Å². The number of nitrogens with one attached hydrogen (secondary N) is 1. The normalized spacial score (nSPS) is 17.1. The maximum atomic E-state index is 11.9. The number of carbonyl (C=O) groups is 1. The lowest BCUT2D eigenvalue weighted by atomic mass is 9.89. The van der Waals surface area contributed by atoms with Crippen molar-refractivity contribution in [1.29, 1.82) is 0 Å². The molecule has 1 saturated carbocycles. The standard InChI is InChI=1S/C13H20N2O3S2/c14-20(17,18)12-7-6-11(19-12)8-9-15-13(16)10-4-2-1-3-5-10/h6-7,10H,1-5,8-9H2,(H,15,16)(H2,14,17,18). The molecule has 0 atom stereocenters. The Hall–Kier alpha value is -0.920. The molecule has 0 saturated heterocycles. The summed E-state index contributed by atoms with van der Waals surface area (Å²) in [6.45, 7) is 0.542. The zero-order chi connectivity index (χ0) is 14.6. The Bertz CT molecular complexity index is 560. The fourth-order valence-electron chi connectivity index (χ4n) is 2.46. The first-order valence-corrected chi connectivity index (χ1v) is 9.22. The highest BCUT2D eigenvalue weighted by Crippen LogP contribution is 2.24. The zero-order valence-corrected chi connectivity index (χ0v) is 12.9. The van der Waals surface area contributed by atoms with Gasteiger partial charge in [0.25, 0.3) is 0 Å². The minimum atomic E-state index is -3.61. The minimum Gasteiger partial charge on any atom is -0.356 e. The maximum absolute atomic E-state index is 11.9. The summed E-state index contributed by atoms with van der Waals surface area (Å²) in [4.78, 5) is 12.8. The number of carbonyl (C=O) groups excluding carboxylic acids is 1. The molecule has 1 fully saturated rings. The highest BCUT2D eigenvalue weighted by Gasteiger charge is 2.20. The zero-order valence-electron chi connectivity index (χ0n) is 11.3. The van der Waals surface area contributed by atoms with Gasteiger partial charge in [-0.05, 0) is 31.4 Å². The van der Waals surface area contributed by atoms with Crippen LogP contribution in [0, 0.1) is 5.92 Å². The molecular weight excluding hydrogens is 296 g/mol. The van der Waals surface area contributed by atoms with Gasteiger partial charge < -0.3 is 5.32 Å². The van der Waals surface area contributed by atoms with E-state index in [9.17, 15) is 13.2 Å². The number of sulfonamides is 1. The molecule has 7 heteroatoms. The van der Waals surface area contributed by atoms with Gasteiger partial charge in [-0.15, -0.1) is 11.3 Å². The molecule has 1 aliphatic carbocycles. The van der Waals surface area contributed by atoms with Gasteiger partial charge in [0.15, 0.2) is 0 Å². The van der Waals surface area contributed by atoms with Gasteiger partial charge in [-0.3, -0.25) is 4.79 Å². The quantitative estimate of drug-likeness (QED) is 0.865. The number of primary sulfonamides is 1. The Morgan fingerprint density at radius 3 is 2.60 bits per heavy atom. The van der Waals surface area contributed by atoms with Crippen LogP contribution in [0.15, 0.2) is 16.3 Å². The minimum absolute atomic E-state index is 0.132. The Balaban J connectivity index is 1.78. The Kier molecular flexibility index (Phi) is 5.17. The number of hydrogen-bond acceptors (Lipinski definition) is 4. The lowest BCUT2D eigenvalue weighted by Gasteiger charge is -2.20. The van der Waals surface area contributed by atoms with E-state index in [2.05, 4.69) is 5.32 Å². The molecule has 0 spiro atoms. The summed E-state index contributed by atoms with van der Waals surface area (Å²) in [6, 6.07) is 3.26. The van der Waals surface area contributed by atoms with Crippen molar-refractivity contribution in [3.63, 3.8) is 0 Å². The van der Waals surface area contributed by atoms with Crippen molar-refractivity contribution < 1.29 is 13.2 Å². The van der Waals surface area contributed by atoms with Crippen LogP contribution in [0.3, 0.4) is 0 Å². The summed E-state index contributed by atoms with van der Waals surface area (Å²) in [5.74, 6) is 0.292. The van der Waals surface area contributed by atoms with Gasteiger partial charge in [0.2, 0.25) is 15.9 Å². The molecule has 1 aromatic rings. The van der Waals surface area contributed by atoms with Crippen molar-refractivity contribution in [2.45, 2.75) is 42.7 Å². The summed E-state index contributed by atoms with van der Waals surface area (Å²) in [5.41, 5.74) is 0. The van der Waals surface area contributed by atoms with Gasteiger partial charge in [-0.2, -0.15) is 0 Å². The number of hydrogen-bond donors (Lipinski definition) is 2. The topological polar surface area (TPSA) is 89.3 Å². The van der Waals surface area contributed by atoms with Crippen LogP contribution in [0.25, 0.3) is 0 Å². The van der Waals surface area contributed by atoms with Gasteiger partial charge in [0.1, 0.15) is 4.21 Å². The summed E-state index contributed by atoms with van der Waals surface area (Å²) in [5, 5.41) is 7.99. The largest absolute Gasteiger partial charge is 0.356 e. The highest BCUT2D eigenvalue weighted by molar-refractivity contribution is 7.91. The summed E-state index contributed by atoms with van der Waals surface area (Å²) < 4.78 is 22.5. The van der Waals surface area contributed by atoms with E-state index in [4.69, 9.17) is 5.14 Å². The lowest BCUT2D eigenvalue weighted by Crippen LogP contribution is -2.33. The van der Waals surface area contributed by atoms with E-state index in [1.807, 2.05) is 0 Å². The molecule has 3 N–H and O–H groups in total. The van der Waals surface area contributed by atoms with E-state index < -0.39 is 10.0 Å². The van der Waals surface area contributed by atoms with Gasteiger partial charge in [-0.25, -0.2) is 13.6 Å². The van der Waals surface area contributed by atoms with E-state index in [1.165, 1.54) is 12.5 Å². The number of thiophene rings is 1. The first kappa shape index (κ1) is 15.5. The average molecular weight is 316 g/mol. The van der Waals surface area contributed by atoms with Gasteiger partial charge >= 0.3 is 0 Å². The predicted octanol–water partition coefficient (Wildman–Crippen LogP) is 1.63. The smallest absolute Gasteiger partial charge is 0.247 e. The second kappa shape index (κ2) is 6.69. The molecule has 1 amide bonds. The predicted molar refractivity (Wildman–Crippen MR) is 79.0 cm³/mol. The first-order valence-electron chi connectivity index (χ1n) is 6.86. The lowest BCUT2D eigenvalue weighted by molar-refractivity contribution is -0.125. The third-order valence-electron chi connectivity index (χ3n) is 3.56. The van der Waals surface area contributed by atoms with Crippen LogP contribution in [0.4, 0.5) is 0 Å². The number of amides is 1. The van der Waals surface area contributed by atoms with E-state index in [1.54, 1.807) is 6.07 Å². The fraction of sp³-hybridized carbons (Fsp3) is 0.615. The molecule has 5 nitrogen and oxygen atoms in total. The Morgan fingerprint density at radius 2 is 2.00 bits per heavy atom. The van der Waals surface area contributed by atoms with Crippen molar-refractivity contribution in [2.75, 3.05) is 6.54 Å². The van der Waals surface area contributed by atoms with Crippen molar-refractivity contribution in [3.05, 3.63) is 17.0 Å². The van der Waals surface area contributed by atoms with Crippen LogP contribution >= 0.6 is 11.3 Å². The number of rotatable bonds is 5. The van der Waals surface area contributed by atoms with Crippen LogP contribution in [0.5, 0.6) is 0 Å². The van der Waals surface area contributed by atoms with Crippen molar-refractivity contribution in [3.8, 4) is 0 Å². The van der Waals surface area contributed by atoms with Crippen molar-refractivity contribution >= 4 is 27.3 Å². The van der Waals surface area contributed by atoms with E-state index >= 15 is 0 Å². The molecule has 0 aliphatic heterocycles. The second-order valence-corrected chi connectivity index (χ2v) is 8.10. The number of nitrogens with two attached hydrogens (primary N) is 1. The van der Waals surface area contributed by atoms with Crippen molar-refractivity contribution in [1.82, 2.24) is 5.32 Å². The summed E-state index contributed by atoms with van der Waals surface area (Å²) in [7, 11) is -3.61. The van der Waals surface area contributed by atoms with E-state index in [0.29, 0.717) is 13.0 Å². The van der Waals surface area contributed by atoms with Gasteiger partial charge in [0, 0.05) is 17.3 Å². The third-order valence-corrected chi connectivity index (χ3v) is 6.15. The molecule has 0 bridgehead atoms. The molecule has 112 valence electrons. The molecule has 0 radical (unpaired) electrons. The third kappa shape index (κ3) is 4.29. The average Bonchev–Trinajstić information content (AvgIpc) is 2.88. The van der Waals surface area contributed by atoms with Crippen LogP contribution in [-0.2, 0) is 21.2 Å². The van der Waals surface area contributed by atoms with Gasteiger partial charge in [-0.1, -0.05) is 19.3 Å². The van der Waals surface area contributed by atoms with E-state index in [-0.39, 0.29) is 16.0 Å². The summed E-state index contributed by atoms with van der Waals surface area (Å²) >= 11 is 1.16. The van der Waals surface area contributed by atoms with Crippen LogP contribution < -0.4 is 10.5 Å². The molecule has 1 aliphatic rings. The summed E-state index contributed by atoms with van der Waals surface area (Å²) in [6.07, 6.45) is 6.12. The molecule has 2 rings (SSSR count). The Morgan fingerprint density at radius 1 is 1.30 bits per heavy atom. The van der Waals surface area contributed by atoms with Crippen LogP contribution in [-0.4, -0.2) is 20.9 Å².